The molecule has 0 aliphatic heterocycles. The van der Waals surface area contributed by atoms with Crippen molar-refractivity contribution in [3.63, 3.8) is 0 Å². The minimum Gasteiger partial charge on any atom is -0.357 e. The van der Waals surface area contributed by atoms with Crippen LogP contribution < -0.4 is 10.9 Å². The number of hydrogen-bond acceptors (Lipinski definition) is 3. The molecular formula is C25H24N4O2. The molecule has 0 spiro atoms. The van der Waals surface area contributed by atoms with Crippen LogP contribution in [0, 0.1) is 0 Å². The summed E-state index contributed by atoms with van der Waals surface area (Å²) >= 11 is 0. The number of anilines is 1. The minimum absolute atomic E-state index is 0.0787. The number of carbonyl (C=O) groups excluding carboxylic acids is 1. The normalized spacial score (nSPS) is 14.5. The number of carbonyl (C=O) groups is 1. The van der Waals surface area contributed by atoms with Crippen molar-refractivity contribution in [3.8, 4) is 11.3 Å². The molecule has 1 aliphatic rings. The van der Waals surface area contributed by atoms with Gasteiger partial charge in [0.15, 0.2) is 0 Å². The Kier molecular flexibility index (Phi) is 4.70. The SMILES string of the molecule is C[C@@H](C(=O)Nc1nc(-c2cn(C)c(=O)c3[nH]ccc23)ccc1C1CC1)c1ccccc1. The summed E-state index contributed by atoms with van der Waals surface area (Å²) in [6.07, 6.45) is 5.79. The fourth-order valence-electron chi connectivity index (χ4n) is 4.03. The second kappa shape index (κ2) is 7.54. The van der Waals surface area contributed by atoms with Crippen molar-refractivity contribution in [1.29, 1.82) is 0 Å². The zero-order valence-electron chi connectivity index (χ0n) is 17.6. The topological polar surface area (TPSA) is 79.8 Å². The number of rotatable bonds is 5. The first kappa shape index (κ1) is 19.3. The average molecular weight is 412 g/mol. The van der Waals surface area contributed by atoms with Crippen molar-refractivity contribution in [2.45, 2.75) is 31.6 Å². The molecule has 156 valence electrons. The van der Waals surface area contributed by atoms with Crippen LogP contribution in [0.1, 0.15) is 42.7 Å². The number of nitrogens with zero attached hydrogens (tertiary/aromatic N) is 2. The summed E-state index contributed by atoms with van der Waals surface area (Å²) in [5, 5.41) is 3.91. The molecule has 1 aromatic carbocycles. The largest absolute Gasteiger partial charge is 0.357 e. The van der Waals surface area contributed by atoms with Crippen LogP contribution in [0.3, 0.4) is 0 Å². The van der Waals surface area contributed by atoms with E-state index in [0.29, 0.717) is 17.3 Å². The standard InChI is InChI=1S/C25H24N4O2/c1-15(16-6-4-3-5-7-16)24(30)28-23-18(17-8-9-17)10-11-21(27-23)20-14-29(2)25(31)22-19(20)12-13-26-22/h3-7,10-15,17,26H,8-9H2,1-2H3,(H,27,28,30)/t15-/m1/s1. The number of aromatic nitrogens is 3. The van der Waals surface area contributed by atoms with Crippen molar-refractivity contribution in [2.24, 2.45) is 7.05 Å². The van der Waals surface area contributed by atoms with E-state index in [1.807, 2.05) is 49.4 Å². The first-order valence-corrected chi connectivity index (χ1v) is 10.6. The average Bonchev–Trinajstić information content (AvgIpc) is 3.51. The van der Waals surface area contributed by atoms with Crippen molar-refractivity contribution >= 4 is 22.6 Å². The molecule has 0 radical (unpaired) electrons. The molecular weight excluding hydrogens is 388 g/mol. The van der Waals surface area contributed by atoms with Crippen LogP contribution in [0.4, 0.5) is 5.82 Å². The Morgan fingerprint density at radius 1 is 1.16 bits per heavy atom. The van der Waals surface area contributed by atoms with E-state index in [1.165, 1.54) is 0 Å². The fourth-order valence-corrected chi connectivity index (χ4v) is 4.03. The molecule has 3 heterocycles. The van der Waals surface area contributed by atoms with Crippen LogP contribution in [0.2, 0.25) is 0 Å². The van der Waals surface area contributed by atoms with Crippen molar-refractivity contribution in [2.75, 3.05) is 5.32 Å². The molecule has 1 atom stereocenters. The van der Waals surface area contributed by atoms with Gasteiger partial charge in [-0.1, -0.05) is 36.4 Å². The lowest BCUT2D eigenvalue weighted by atomic mass is 10.0. The summed E-state index contributed by atoms with van der Waals surface area (Å²) in [5.74, 6) is 0.694. The van der Waals surface area contributed by atoms with Gasteiger partial charge in [0.1, 0.15) is 11.3 Å². The Balaban J connectivity index is 1.55. The van der Waals surface area contributed by atoms with Crippen LogP contribution in [0.25, 0.3) is 22.2 Å². The van der Waals surface area contributed by atoms with Gasteiger partial charge in [0.2, 0.25) is 5.91 Å². The summed E-state index contributed by atoms with van der Waals surface area (Å²) in [4.78, 5) is 33.3. The van der Waals surface area contributed by atoms with Gasteiger partial charge in [-0.05, 0) is 48.9 Å². The van der Waals surface area contributed by atoms with Crippen LogP contribution >= 0.6 is 0 Å². The molecule has 5 rings (SSSR count). The maximum atomic E-state index is 13.0. The van der Waals surface area contributed by atoms with Gasteiger partial charge in [-0.2, -0.15) is 0 Å². The summed E-state index contributed by atoms with van der Waals surface area (Å²) in [6, 6.07) is 15.7. The predicted octanol–water partition coefficient (Wildman–Crippen LogP) is 4.55. The third-order valence-corrected chi connectivity index (χ3v) is 6.05. The third kappa shape index (κ3) is 3.54. The molecule has 1 saturated carbocycles. The van der Waals surface area contributed by atoms with Crippen LogP contribution in [-0.4, -0.2) is 20.4 Å². The van der Waals surface area contributed by atoms with Gasteiger partial charge in [-0.25, -0.2) is 4.98 Å². The van der Waals surface area contributed by atoms with Gasteiger partial charge in [0.05, 0.1) is 11.6 Å². The molecule has 0 unspecified atom stereocenters. The Morgan fingerprint density at radius 2 is 1.94 bits per heavy atom. The molecule has 0 saturated heterocycles. The quantitative estimate of drug-likeness (QED) is 0.505. The number of pyridine rings is 2. The lowest BCUT2D eigenvalue weighted by Gasteiger charge is -2.16. The molecule has 31 heavy (non-hydrogen) atoms. The molecule has 4 aromatic rings. The van der Waals surface area contributed by atoms with Gasteiger partial charge >= 0.3 is 0 Å². The Labute approximate surface area is 180 Å². The third-order valence-electron chi connectivity index (χ3n) is 6.05. The molecule has 1 aliphatic carbocycles. The second-order valence-corrected chi connectivity index (χ2v) is 8.26. The smallest absolute Gasteiger partial charge is 0.274 e. The van der Waals surface area contributed by atoms with E-state index >= 15 is 0 Å². The van der Waals surface area contributed by atoms with Crippen molar-refractivity contribution in [1.82, 2.24) is 14.5 Å². The lowest BCUT2D eigenvalue weighted by molar-refractivity contribution is -0.117. The van der Waals surface area contributed by atoms with Gasteiger partial charge in [-0.3, -0.25) is 9.59 Å². The first-order valence-electron chi connectivity index (χ1n) is 10.6. The maximum Gasteiger partial charge on any atom is 0.274 e. The zero-order chi connectivity index (χ0) is 21.5. The molecule has 2 N–H and O–H groups in total. The minimum atomic E-state index is -0.285. The van der Waals surface area contributed by atoms with E-state index in [0.717, 1.165) is 40.6 Å². The van der Waals surface area contributed by atoms with E-state index in [2.05, 4.69) is 16.4 Å². The number of aryl methyl sites for hydroxylation is 1. The first-order chi connectivity index (χ1) is 15.0. The number of H-pyrrole nitrogens is 1. The molecule has 0 bridgehead atoms. The van der Waals surface area contributed by atoms with Gasteiger partial charge < -0.3 is 14.9 Å². The van der Waals surface area contributed by atoms with Gasteiger partial charge in [-0.15, -0.1) is 0 Å². The second-order valence-electron chi connectivity index (χ2n) is 8.26. The Bertz CT molecular complexity index is 1330. The number of benzene rings is 1. The number of amides is 1. The van der Waals surface area contributed by atoms with Crippen LogP contribution in [0.15, 0.2) is 65.7 Å². The summed E-state index contributed by atoms with van der Waals surface area (Å²) < 4.78 is 1.56. The van der Waals surface area contributed by atoms with E-state index in [4.69, 9.17) is 4.98 Å². The predicted molar refractivity (Wildman–Crippen MR) is 122 cm³/mol. The maximum absolute atomic E-state index is 13.0. The molecule has 6 nitrogen and oxygen atoms in total. The Morgan fingerprint density at radius 3 is 2.68 bits per heavy atom. The zero-order valence-corrected chi connectivity index (χ0v) is 17.6. The fraction of sp³-hybridized carbons (Fsp3) is 0.240. The number of fused-ring (bicyclic) bond motifs is 1. The monoisotopic (exact) mass is 412 g/mol. The van der Waals surface area contributed by atoms with Crippen molar-refractivity contribution in [3.05, 3.63) is 82.4 Å². The Hall–Kier alpha value is -3.67. The summed E-state index contributed by atoms with van der Waals surface area (Å²) in [7, 11) is 1.73. The van der Waals surface area contributed by atoms with E-state index in [9.17, 15) is 9.59 Å². The highest BCUT2D eigenvalue weighted by Crippen LogP contribution is 2.43. The highest BCUT2D eigenvalue weighted by atomic mass is 16.2. The van der Waals surface area contributed by atoms with Crippen LogP contribution in [0.5, 0.6) is 0 Å². The summed E-state index contributed by atoms with van der Waals surface area (Å²) in [6.45, 7) is 1.90. The lowest BCUT2D eigenvalue weighted by Crippen LogP contribution is -2.20. The van der Waals surface area contributed by atoms with E-state index in [-0.39, 0.29) is 17.4 Å². The highest BCUT2D eigenvalue weighted by Gasteiger charge is 2.28. The van der Waals surface area contributed by atoms with E-state index in [1.54, 1.807) is 24.0 Å². The highest BCUT2D eigenvalue weighted by molar-refractivity contribution is 5.97. The van der Waals surface area contributed by atoms with Crippen molar-refractivity contribution < 1.29 is 4.79 Å². The number of hydrogen-bond donors (Lipinski definition) is 2. The van der Waals surface area contributed by atoms with Crippen LogP contribution in [-0.2, 0) is 11.8 Å². The molecule has 3 aromatic heterocycles. The summed E-state index contributed by atoms with van der Waals surface area (Å²) in [5.41, 5.74) is 4.10. The number of nitrogens with one attached hydrogen (secondary N) is 2. The van der Waals surface area contributed by atoms with E-state index < -0.39 is 0 Å². The van der Waals surface area contributed by atoms with Gasteiger partial charge in [0.25, 0.3) is 5.56 Å². The number of aromatic amines is 1. The van der Waals surface area contributed by atoms with Gasteiger partial charge in [0, 0.05) is 30.4 Å². The molecule has 6 heteroatoms. The molecule has 1 fully saturated rings. The molecule has 1 amide bonds.